The molecule has 0 amide bonds. The number of hydrogen-bond donors (Lipinski definition) is 0. The summed E-state index contributed by atoms with van der Waals surface area (Å²) in [6.45, 7) is 9.23. The fourth-order valence-corrected chi connectivity index (χ4v) is 8.14. The standard InChI is InChI=1S/2C14H15.2ClH.Zr/c2*1-11(2)13-9-5-6-10-14(13)12-7-3-4-8-12;;;/h2*3,5-7,9-11H,4H2,1-2H3;2*1H;/q;;;;+2/p-2. The van der Waals surface area contributed by atoms with Crippen LogP contribution in [-0.4, -0.2) is 0 Å². The van der Waals surface area contributed by atoms with Gasteiger partial charge in [-0.3, -0.25) is 0 Å². The minimum Gasteiger partial charge on any atom is -1.00 e. The fourth-order valence-electron chi connectivity index (χ4n) is 4.43. The largest absolute Gasteiger partial charge is 1.00 e. The van der Waals surface area contributed by atoms with Gasteiger partial charge in [0.1, 0.15) is 0 Å². The molecule has 2 aliphatic carbocycles. The zero-order valence-corrected chi connectivity index (χ0v) is 22.7. The molecule has 2 aromatic carbocycles. The van der Waals surface area contributed by atoms with Crippen molar-refractivity contribution < 1.29 is 48.0 Å². The van der Waals surface area contributed by atoms with Gasteiger partial charge >= 0.3 is 188 Å². The van der Waals surface area contributed by atoms with Crippen LogP contribution in [-0.2, 0) is 23.2 Å². The Morgan fingerprint density at radius 1 is 0.613 bits per heavy atom. The Morgan fingerprint density at radius 2 is 1.00 bits per heavy atom. The molecule has 0 aromatic heterocycles. The molecule has 31 heavy (non-hydrogen) atoms. The SMILES string of the molecule is CC(C)c1ccccc1C1=[C]([Zr+2][C]2=C(c3ccccc3C(C)C)C=CC2)CC=C1.[Cl-].[Cl-]. The van der Waals surface area contributed by atoms with E-state index in [4.69, 9.17) is 0 Å². The van der Waals surface area contributed by atoms with Crippen molar-refractivity contribution in [1.29, 1.82) is 0 Å². The second-order valence-corrected chi connectivity index (χ2v) is 12.2. The summed E-state index contributed by atoms with van der Waals surface area (Å²) in [4.78, 5) is 0. The van der Waals surface area contributed by atoms with Gasteiger partial charge < -0.3 is 24.8 Å². The van der Waals surface area contributed by atoms with E-state index in [-0.39, 0.29) is 24.8 Å². The van der Waals surface area contributed by atoms with Gasteiger partial charge in [-0.15, -0.1) is 0 Å². The number of halogens is 2. The van der Waals surface area contributed by atoms with Crippen molar-refractivity contribution in [1.82, 2.24) is 0 Å². The Balaban J connectivity index is 0.00000171. The van der Waals surface area contributed by atoms with Crippen molar-refractivity contribution >= 4 is 11.1 Å². The van der Waals surface area contributed by atoms with Crippen LogP contribution in [0, 0.1) is 0 Å². The monoisotopic (exact) mass is 526 g/mol. The molecule has 0 bridgehead atoms. The first-order valence-corrected chi connectivity index (χ1v) is 13.3. The summed E-state index contributed by atoms with van der Waals surface area (Å²) in [5, 5.41) is 0. The van der Waals surface area contributed by atoms with Crippen LogP contribution in [0.15, 0.2) is 79.4 Å². The van der Waals surface area contributed by atoms with Crippen LogP contribution in [0.1, 0.15) is 74.6 Å². The molecule has 160 valence electrons. The molecule has 3 heteroatoms. The van der Waals surface area contributed by atoms with E-state index in [1.807, 2.05) is 0 Å². The molecular weight excluding hydrogens is 498 g/mol. The summed E-state index contributed by atoms with van der Waals surface area (Å²) < 4.78 is 3.47. The maximum absolute atomic E-state index is 2.39. The van der Waals surface area contributed by atoms with Crippen LogP contribution in [0.2, 0.25) is 0 Å². The molecule has 2 aliphatic rings. The van der Waals surface area contributed by atoms with Crippen LogP contribution in [0.5, 0.6) is 0 Å². The minimum absolute atomic E-state index is 0. The van der Waals surface area contributed by atoms with Crippen LogP contribution < -0.4 is 24.8 Å². The molecule has 0 saturated heterocycles. The van der Waals surface area contributed by atoms with Gasteiger partial charge in [0.25, 0.3) is 0 Å². The van der Waals surface area contributed by atoms with Crippen molar-refractivity contribution in [3.05, 3.63) is 102 Å². The average molecular weight is 529 g/mol. The second-order valence-electron chi connectivity index (χ2n) is 8.61. The number of rotatable bonds is 6. The van der Waals surface area contributed by atoms with Crippen molar-refractivity contribution in [3.8, 4) is 0 Å². The molecule has 0 spiro atoms. The average Bonchev–Trinajstić information content (AvgIpc) is 3.37. The molecular formula is C28H30Cl2Zr. The third kappa shape index (κ3) is 5.62. The molecule has 2 aromatic rings. The van der Waals surface area contributed by atoms with E-state index in [0.717, 1.165) is 12.8 Å². The number of benzene rings is 2. The maximum atomic E-state index is 2.39. The summed E-state index contributed by atoms with van der Waals surface area (Å²) >= 11 is -0.810. The summed E-state index contributed by atoms with van der Waals surface area (Å²) in [5.41, 5.74) is 8.93. The maximum Gasteiger partial charge on any atom is -1.00 e. The Hall–Kier alpha value is -1.14. The second kappa shape index (κ2) is 11.6. The smallest absolute Gasteiger partial charge is 1.00 e. The van der Waals surface area contributed by atoms with Gasteiger partial charge in [0.15, 0.2) is 0 Å². The normalized spacial score (nSPS) is 14.9. The summed E-state index contributed by atoms with van der Waals surface area (Å²) in [6.07, 6.45) is 11.8. The molecule has 0 aliphatic heterocycles. The Labute approximate surface area is 212 Å². The number of allylic oxidation sites excluding steroid dienone is 8. The van der Waals surface area contributed by atoms with Gasteiger partial charge in [0, 0.05) is 0 Å². The Bertz CT molecular complexity index is 955. The van der Waals surface area contributed by atoms with Gasteiger partial charge in [-0.05, 0) is 0 Å². The van der Waals surface area contributed by atoms with E-state index in [0.29, 0.717) is 11.8 Å². The zero-order chi connectivity index (χ0) is 20.4. The topological polar surface area (TPSA) is 0 Å². The van der Waals surface area contributed by atoms with E-state index >= 15 is 0 Å². The fraction of sp³-hybridized carbons (Fsp3) is 0.286. The van der Waals surface area contributed by atoms with Gasteiger partial charge in [0.05, 0.1) is 0 Å². The van der Waals surface area contributed by atoms with Gasteiger partial charge in [-0.1, -0.05) is 0 Å². The van der Waals surface area contributed by atoms with Crippen molar-refractivity contribution in [2.24, 2.45) is 0 Å². The quantitative estimate of drug-likeness (QED) is 0.539. The first-order valence-electron chi connectivity index (χ1n) is 10.8. The van der Waals surface area contributed by atoms with Crippen molar-refractivity contribution in [3.63, 3.8) is 0 Å². The van der Waals surface area contributed by atoms with Crippen LogP contribution in [0.25, 0.3) is 11.1 Å². The van der Waals surface area contributed by atoms with E-state index in [1.54, 1.807) is 6.56 Å². The summed E-state index contributed by atoms with van der Waals surface area (Å²) in [6, 6.07) is 18.0. The van der Waals surface area contributed by atoms with E-state index in [2.05, 4.69) is 101 Å². The van der Waals surface area contributed by atoms with Gasteiger partial charge in [0.2, 0.25) is 0 Å². The zero-order valence-electron chi connectivity index (χ0n) is 18.8. The van der Waals surface area contributed by atoms with Crippen LogP contribution >= 0.6 is 0 Å². The number of hydrogen-bond acceptors (Lipinski definition) is 0. The molecule has 0 heterocycles. The molecule has 0 nitrogen and oxygen atoms in total. The van der Waals surface area contributed by atoms with Crippen molar-refractivity contribution in [2.75, 3.05) is 0 Å². The summed E-state index contributed by atoms with van der Waals surface area (Å²) in [5.74, 6) is 1.11. The molecule has 0 atom stereocenters. The molecule has 0 N–H and O–H groups in total. The van der Waals surface area contributed by atoms with Gasteiger partial charge in [-0.2, -0.15) is 0 Å². The van der Waals surface area contributed by atoms with Crippen LogP contribution in [0.4, 0.5) is 0 Å². The third-order valence-electron chi connectivity index (χ3n) is 5.91. The van der Waals surface area contributed by atoms with Gasteiger partial charge in [-0.25, -0.2) is 0 Å². The first-order chi connectivity index (χ1) is 14.1. The molecule has 0 saturated carbocycles. The van der Waals surface area contributed by atoms with Crippen molar-refractivity contribution in [2.45, 2.75) is 52.4 Å². The van der Waals surface area contributed by atoms with E-state index < -0.39 is 23.2 Å². The minimum atomic E-state index is -0.810. The Morgan fingerprint density at radius 3 is 1.39 bits per heavy atom. The third-order valence-corrected chi connectivity index (χ3v) is 9.72. The summed E-state index contributed by atoms with van der Waals surface area (Å²) in [7, 11) is 0. The molecule has 0 unspecified atom stereocenters. The molecule has 0 radical (unpaired) electrons. The molecule has 0 fully saturated rings. The Kier molecular flexibility index (Phi) is 9.81. The van der Waals surface area contributed by atoms with Crippen LogP contribution in [0.3, 0.4) is 0 Å². The van der Waals surface area contributed by atoms with E-state index in [1.165, 1.54) is 33.4 Å². The first kappa shape index (κ1) is 26.1. The van der Waals surface area contributed by atoms with E-state index in [9.17, 15) is 0 Å². The predicted molar refractivity (Wildman–Crippen MR) is 122 cm³/mol. The molecule has 4 rings (SSSR count). The predicted octanol–water partition coefficient (Wildman–Crippen LogP) is 2.07.